The zero-order valence-electron chi connectivity index (χ0n) is 11.8. The Kier molecular flexibility index (Phi) is 4.52. The molecule has 1 heterocycles. The van der Waals surface area contributed by atoms with Gasteiger partial charge in [-0.05, 0) is 24.1 Å². The summed E-state index contributed by atoms with van der Waals surface area (Å²) in [5.41, 5.74) is 0.787. The van der Waals surface area contributed by atoms with Crippen LogP contribution in [0.1, 0.15) is 34.3 Å². The lowest BCUT2D eigenvalue weighted by Gasteiger charge is -2.30. The van der Waals surface area contributed by atoms with Gasteiger partial charge in [-0.2, -0.15) is 0 Å². The molecule has 0 N–H and O–H groups in total. The first-order valence-corrected chi connectivity index (χ1v) is 7.20. The van der Waals surface area contributed by atoms with Gasteiger partial charge in [0.2, 0.25) is 0 Å². The first kappa shape index (κ1) is 14.7. The standard InChI is InChI=1S/C15H17NO3S/c1-4-15(19-3,14-16-8-9-20-14)12-7-5-6-11(10-12)13(17)18-2/h5-10H,4H2,1-3H3. The summed E-state index contributed by atoms with van der Waals surface area (Å²) in [6.45, 7) is 2.04. The summed E-state index contributed by atoms with van der Waals surface area (Å²) in [6, 6.07) is 7.31. The van der Waals surface area contributed by atoms with Gasteiger partial charge in [0.1, 0.15) is 10.6 Å². The normalized spacial score (nSPS) is 13.8. The molecule has 0 bridgehead atoms. The minimum Gasteiger partial charge on any atom is -0.465 e. The van der Waals surface area contributed by atoms with Gasteiger partial charge in [-0.25, -0.2) is 9.78 Å². The first-order chi connectivity index (χ1) is 9.67. The van der Waals surface area contributed by atoms with Crippen LogP contribution in [0.25, 0.3) is 0 Å². The Morgan fingerprint density at radius 1 is 1.40 bits per heavy atom. The molecule has 0 spiro atoms. The third-order valence-corrected chi connectivity index (χ3v) is 4.29. The number of ether oxygens (including phenoxy) is 2. The Morgan fingerprint density at radius 2 is 2.20 bits per heavy atom. The van der Waals surface area contributed by atoms with E-state index in [0.29, 0.717) is 5.56 Å². The number of rotatable bonds is 5. The van der Waals surface area contributed by atoms with Gasteiger partial charge in [0.05, 0.1) is 12.7 Å². The molecule has 0 aliphatic rings. The fraction of sp³-hybridized carbons (Fsp3) is 0.333. The van der Waals surface area contributed by atoms with Crippen molar-refractivity contribution >= 4 is 17.3 Å². The number of methoxy groups -OCH3 is 2. The van der Waals surface area contributed by atoms with Crippen LogP contribution >= 0.6 is 11.3 Å². The lowest BCUT2D eigenvalue weighted by Crippen LogP contribution is -2.29. The number of hydrogen-bond donors (Lipinski definition) is 0. The van der Waals surface area contributed by atoms with Crippen LogP contribution in [0.4, 0.5) is 0 Å². The fourth-order valence-electron chi connectivity index (χ4n) is 2.27. The van der Waals surface area contributed by atoms with E-state index in [1.54, 1.807) is 36.8 Å². The fourth-order valence-corrected chi connectivity index (χ4v) is 3.17. The van der Waals surface area contributed by atoms with Gasteiger partial charge in [-0.1, -0.05) is 19.1 Å². The smallest absolute Gasteiger partial charge is 0.337 e. The molecule has 0 fully saturated rings. The minimum atomic E-state index is -0.627. The van der Waals surface area contributed by atoms with Crippen LogP contribution in [0.2, 0.25) is 0 Å². The Bertz CT molecular complexity index is 577. The van der Waals surface area contributed by atoms with Gasteiger partial charge in [0.25, 0.3) is 0 Å². The van der Waals surface area contributed by atoms with Crippen molar-refractivity contribution in [2.24, 2.45) is 0 Å². The Morgan fingerprint density at radius 3 is 2.75 bits per heavy atom. The molecule has 0 radical (unpaired) electrons. The molecule has 20 heavy (non-hydrogen) atoms. The molecule has 0 aliphatic carbocycles. The number of carbonyl (C=O) groups excluding carboxylic acids is 1. The second-order valence-corrected chi connectivity index (χ2v) is 5.19. The predicted octanol–water partition coefficient (Wildman–Crippen LogP) is 3.23. The Labute approximate surface area is 122 Å². The summed E-state index contributed by atoms with van der Waals surface area (Å²) >= 11 is 1.54. The van der Waals surface area contributed by atoms with Gasteiger partial charge in [0.15, 0.2) is 0 Å². The average molecular weight is 291 g/mol. The van der Waals surface area contributed by atoms with Crippen molar-refractivity contribution in [2.75, 3.05) is 14.2 Å². The number of nitrogens with zero attached hydrogens (tertiary/aromatic N) is 1. The summed E-state index contributed by atoms with van der Waals surface area (Å²) in [7, 11) is 3.04. The number of esters is 1. The van der Waals surface area contributed by atoms with E-state index in [9.17, 15) is 4.79 Å². The zero-order valence-corrected chi connectivity index (χ0v) is 12.6. The highest BCUT2D eigenvalue weighted by molar-refractivity contribution is 7.09. The summed E-state index contributed by atoms with van der Waals surface area (Å²) in [6.07, 6.45) is 2.48. The van der Waals surface area contributed by atoms with E-state index in [1.807, 2.05) is 24.4 Å². The molecule has 1 unspecified atom stereocenters. The van der Waals surface area contributed by atoms with Gasteiger partial charge < -0.3 is 9.47 Å². The maximum atomic E-state index is 11.7. The molecule has 1 atom stereocenters. The van der Waals surface area contributed by atoms with Crippen LogP contribution in [-0.4, -0.2) is 25.2 Å². The average Bonchev–Trinajstić information content (AvgIpc) is 3.03. The molecule has 1 aromatic heterocycles. The maximum Gasteiger partial charge on any atom is 0.337 e. The van der Waals surface area contributed by atoms with Crippen LogP contribution in [0.5, 0.6) is 0 Å². The molecular weight excluding hydrogens is 274 g/mol. The van der Waals surface area contributed by atoms with Crippen LogP contribution in [0, 0.1) is 0 Å². The highest BCUT2D eigenvalue weighted by atomic mass is 32.1. The van der Waals surface area contributed by atoms with Gasteiger partial charge in [-0.3, -0.25) is 0 Å². The number of carbonyl (C=O) groups is 1. The number of thiazole rings is 1. The molecule has 106 valence electrons. The quantitative estimate of drug-likeness (QED) is 0.794. The molecule has 4 nitrogen and oxygen atoms in total. The molecule has 0 aliphatic heterocycles. The molecule has 2 aromatic rings. The van der Waals surface area contributed by atoms with Gasteiger partial charge >= 0.3 is 5.97 Å². The molecule has 1 aromatic carbocycles. The van der Waals surface area contributed by atoms with Crippen molar-refractivity contribution in [1.29, 1.82) is 0 Å². The van der Waals surface area contributed by atoms with Crippen molar-refractivity contribution in [3.63, 3.8) is 0 Å². The first-order valence-electron chi connectivity index (χ1n) is 6.32. The lowest BCUT2D eigenvalue weighted by molar-refractivity contribution is 0.0183. The summed E-state index contributed by atoms with van der Waals surface area (Å²) in [5, 5.41) is 2.80. The third-order valence-electron chi connectivity index (χ3n) is 3.37. The predicted molar refractivity (Wildman–Crippen MR) is 78.0 cm³/mol. The van der Waals surface area contributed by atoms with E-state index in [1.165, 1.54) is 7.11 Å². The second kappa shape index (κ2) is 6.15. The van der Waals surface area contributed by atoms with E-state index in [0.717, 1.165) is 17.0 Å². The van der Waals surface area contributed by atoms with E-state index in [2.05, 4.69) is 4.98 Å². The van der Waals surface area contributed by atoms with Crippen molar-refractivity contribution < 1.29 is 14.3 Å². The van der Waals surface area contributed by atoms with Crippen LogP contribution in [0.3, 0.4) is 0 Å². The Balaban J connectivity index is 2.53. The van der Waals surface area contributed by atoms with Crippen molar-refractivity contribution in [3.8, 4) is 0 Å². The highest BCUT2D eigenvalue weighted by Gasteiger charge is 2.35. The topological polar surface area (TPSA) is 48.4 Å². The van der Waals surface area contributed by atoms with E-state index >= 15 is 0 Å². The van der Waals surface area contributed by atoms with Crippen LogP contribution in [0.15, 0.2) is 35.8 Å². The van der Waals surface area contributed by atoms with Crippen molar-refractivity contribution in [2.45, 2.75) is 18.9 Å². The summed E-state index contributed by atoms with van der Waals surface area (Å²) < 4.78 is 10.6. The second-order valence-electron chi connectivity index (χ2n) is 4.29. The lowest BCUT2D eigenvalue weighted by atomic mass is 9.90. The number of hydrogen-bond acceptors (Lipinski definition) is 5. The van der Waals surface area contributed by atoms with Crippen molar-refractivity contribution in [3.05, 3.63) is 52.0 Å². The molecule has 2 rings (SSSR count). The van der Waals surface area contributed by atoms with E-state index < -0.39 is 5.60 Å². The molecule has 0 saturated heterocycles. The van der Waals surface area contributed by atoms with E-state index in [4.69, 9.17) is 9.47 Å². The van der Waals surface area contributed by atoms with Crippen molar-refractivity contribution in [1.82, 2.24) is 4.98 Å². The SMILES string of the molecule is CCC(OC)(c1cccc(C(=O)OC)c1)c1nccs1. The van der Waals surface area contributed by atoms with Crippen LogP contribution < -0.4 is 0 Å². The molecule has 0 amide bonds. The zero-order chi connectivity index (χ0) is 14.6. The summed E-state index contributed by atoms with van der Waals surface area (Å²) in [5.74, 6) is -0.355. The van der Waals surface area contributed by atoms with Crippen LogP contribution in [-0.2, 0) is 15.1 Å². The van der Waals surface area contributed by atoms with Gasteiger partial charge in [-0.15, -0.1) is 11.3 Å². The third kappa shape index (κ3) is 2.46. The number of aromatic nitrogens is 1. The summed E-state index contributed by atoms with van der Waals surface area (Å²) in [4.78, 5) is 16.1. The Hall–Kier alpha value is -1.72. The van der Waals surface area contributed by atoms with E-state index in [-0.39, 0.29) is 5.97 Å². The number of benzene rings is 1. The largest absolute Gasteiger partial charge is 0.465 e. The minimum absolute atomic E-state index is 0.355. The van der Waals surface area contributed by atoms with Gasteiger partial charge in [0, 0.05) is 18.7 Å². The molecular formula is C15H17NO3S. The maximum absolute atomic E-state index is 11.7. The highest BCUT2D eigenvalue weighted by Crippen LogP contribution is 2.37. The monoisotopic (exact) mass is 291 g/mol. The molecule has 5 heteroatoms. The molecule has 0 saturated carbocycles.